The predicted octanol–water partition coefficient (Wildman–Crippen LogP) is 2.67. The topological polar surface area (TPSA) is 184 Å². The molecule has 0 saturated carbocycles. The Bertz CT molecular complexity index is 2450. The zero-order chi connectivity index (χ0) is 47.3. The number of nitrogens with one attached hydrogen (secondary N) is 2. The Morgan fingerprint density at radius 1 is 0.676 bits per heavy atom. The minimum absolute atomic E-state index is 0.194. The fourth-order valence-corrected chi connectivity index (χ4v) is 9.23. The lowest BCUT2D eigenvalue weighted by Crippen LogP contribution is -2.38. The molecule has 2 aromatic carbocycles. The van der Waals surface area contributed by atoms with Crippen LogP contribution in [0.4, 0.5) is 41.1 Å². The number of amides is 4. The molecule has 2 atom stereocenters. The summed E-state index contributed by atoms with van der Waals surface area (Å²) in [6.07, 6.45) is 1.90. The molecule has 0 radical (unpaired) electrons. The summed E-state index contributed by atoms with van der Waals surface area (Å²) >= 11 is 0. The Kier molecular flexibility index (Phi) is 14.4. The quantitative estimate of drug-likeness (QED) is 0.188. The van der Waals surface area contributed by atoms with Crippen LogP contribution in [0.15, 0.2) is 48.8 Å². The van der Waals surface area contributed by atoms with E-state index in [1.54, 1.807) is 24.3 Å². The highest BCUT2D eigenvalue weighted by Crippen LogP contribution is 2.35. The number of hydrogen-bond acceptors (Lipinski definition) is 14. The first-order chi connectivity index (χ1) is 32.9. The van der Waals surface area contributed by atoms with Gasteiger partial charge in [-0.1, -0.05) is 0 Å². The number of nitrogens with zero attached hydrogens (tertiary/aromatic N) is 10. The third-order valence-corrected chi connectivity index (χ3v) is 12.9. The van der Waals surface area contributed by atoms with E-state index in [9.17, 15) is 19.2 Å². The molecule has 0 unspecified atom stereocenters. The molecule has 10 rings (SSSR count). The Morgan fingerprint density at radius 3 is 1.71 bits per heavy atom. The smallest absolute Gasteiger partial charge is 0.414 e. The van der Waals surface area contributed by atoms with E-state index in [1.165, 1.54) is 35.8 Å². The van der Waals surface area contributed by atoms with Gasteiger partial charge in [0.2, 0.25) is 11.8 Å². The second-order valence-electron chi connectivity index (χ2n) is 17.7. The third kappa shape index (κ3) is 11.0. The maximum Gasteiger partial charge on any atom is 0.414 e. The third-order valence-electron chi connectivity index (χ3n) is 12.9. The predicted molar refractivity (Wildman–Crippen MR) is 244 cm³/mol. The van der Waals surface area contributed by atoms with E-state index in [0.717, 1.165) is 101 Å². The second-order valence-corrected chi connectivity index (χ2v) is 17.7. The summed E-state index contributed by atoms with van der Waals surface area (Å²) in [7, 11) is 0. The summed E-state index contributed by atoms with van der Waals surface area (Å²) < 4.78 is 55.5. The van der Waals surface area contributed by atoms with Crippen LogP contribution < -0.4 is 30.2 Å². The minimum Gasteiger partial charge on any atom is -0.442 e. The van der Waals surface area contributed by atoms with Crippen LogP contribution in [0.3, 0.4) is 0 Å². The Hall–Kier alpha value is -6.36. The van der Waals surface area contributed by atoms with Crippen molar-refractivity contribution in [2.45, 2.75) is 65.3 Å². The zero-order valence-corrected chi connectivity index (χ0v) is 38.4. The van der Waals surface area contributed by atoms with Gasteiger partial charge in [0.05, 0.1) is 119 Å². The van der Waals surface area contributed by atoms with Crippen LogP contribution in [0, 0.1) is 11.6 Å². The van der Waals surface area contributed by atoms with E-state index < -0.39 is 36.0 Å². The molecule has 0 aliphatic carbocycles. The van der Waals surface area contributed by atoms with Crippen molar-refractivity contribution in [3.63, 3.8) is 0 Å². The molecular formula is C46H58F2N12O8. The van der Waals surface area contributed by atoms with Crippen molar-refractivity contribution in [1.82, 2.24) is 40.0 Å². The maximum atomic E-state index is 15.1. The van der Waals surface area contributed by atoms with E-state index in [4.69, 9.17) is 24.0 Å². The molecule has 4 aromatic rings. The molecule has 4 amide bonds. The lowest BCUT2D eigenvalue weighted by molar-refractivity contribution is -0.120. The number of carbonyl (C=O) groups excluding carboxylic acids is 4. The highest BCUT2D eigenvalue weighted by Gasteiger charge is 2.35. The molecule has 68 heavy (non-hydrogen) atoms. The van der Waals surface area contributed by atoms with Gasteiger partial charge < -0.3 is 39.4 Å². The fraction of sp³-hybridized carbons (Fsp3) is 0.522. The van der Waals surface area contributed by atoms with Crippen molar-refractivity contribution in [2.75, 3.05) is 111 Å². The number of fused-ring (bicyclic) bond motifs is 2. The van der Waals surface area contributed by atoms with E-state index in [-0.39, 0.29) is 38.0 Å². The van der Waals surface area contributed by atoms with E-state index >= 15 is 8.78 Å². The lowest BCUT2D eigenvalue weighted by Gasteiger charge is -2.26. The monoisotopic (exact) mass is 944 g/mol. The highest BCUT2D eigenvalue weighted by atomic mass is 19.1. The second kappa shape index (κ2) is 20.9. The SMILES string of the molecule is CC(=O)NC[C@H]1CN(c2ccc(N3Cc4cn(CCN5CCOCC5)nc4C3)c(F)c2)C(=O)O1.CC(=O)NC[C@H]1CN(c2ccc(N3Cc4cnn(CCN5CCOCC5)c4C3)c(F)c2)C(=O)O1. The molecule has 8 heterocycles. The molecule has 6 aliphatic heterocycles. The van der Waals surface area contributed by atoms with E-state index in [2.05, 4.69) is 31.7 Å². The summed E-state index contributed by atoms with van der Waals surface area (Å²) in [6, 6.07) is 9.57. The number of hydrogen-bond donors (Lipinski definition) is 2. The van der Waals surface area contributed by atoms with Gasteiger partial charge in [-0.2, -0.15) is 10.2 Å². The number of ether oxygens (including phenoxy) is 4. The standard InChI is InChI=1S/2C23H29FN6O4/c1-16(31)25-11-19-14-30(23(32)34-19)18-2-3-22(20(24)10-18)28-12-17-13-29(26-21(17)15-28)5-4-27-6-8-33-9-7-27;1-16(31)25-12-19-14-29(23(32)34-19)18-2-3-21(20(24)10-18)28-13-17-11-26-30(22(17)15-28)5-4-27-6-8-33-9-7-27/h2-3,10,13,19H,4-9,11-12,14-15H2,1H3,(H,25,31);2-3,10-11,19H,4-9,12-15H2,1H3,(H,25,31)/t2*19-/m00/s1. The molecule has 20 nitrogen and oxygen atoms in total. The number of halogens is 2. The lowest BCUT2D eigenvalue weighted by atomic mass is 10.2. The minimum atomic E-state index is -0.546. The number of morpholine rings is 2. The molecule has 2 N–H and O–H groups in total. The van der Waals surface area contributed by atoms with Gasteiger partial charge in [0, 0.05) is 83.5 Å². The van der Waals surface area contributed by atoms with Gasteiger partial charge >= 0.3 is 12.2 Å². The summed E-state index contributed by atoms with van der Waals surface area (Å²) in [6.45, 7) is 16.4. The van der Waals surface area contributed by atoms with Crippen LogP contribution in [0.5, 0.6) is 0 Å². The van der Waals surface area contributed by atoms with Crippen molar-refractivity contribution in [3.05, 3.63) is 82.9 Å². The van der Waals surface area contributed by atoms with Gasteiger partial charge in [0.15, 0.2) is 0 Å². The Labute approximate surface area is 392 Å². The molecule has 0 bridgehead atoms. The Balaban J connectivity index is 0.000000170. The van der Waals surface area contributed by atoms with Crippen LogP contribution in [-0.4, -0.2) is 157 Å². The zero-order valence-electron chi connectivity index (χ0n) is 38.4. The molecule has 364 valence electrons. The van der Waals surface area contributed by atoms with Crippen molar-refractivity contribution in [1.29, 1.82) is 0 Å². The average Bonchev–Trinajstić information content (AvgIpc) is 4.19. The molecule has 22 heteroatoms. The van der Waals surface area contributed by atoms with Gasteiger partial charge in [0.1, 0.15) is 23.8 Å². The summed E-state index contributed by atoms with van der Waals surface area (Å²) in [4.78, 5) is 58.1. The van der Waals surface area contributed by atoms with Crippen LogP contribution in [0.1, 0.15) is 36.4 Å². The van der Waals surface area contributed by atoms with Crippen molar-refractivity contribution in [3.8, 4) is 0 Å². The van der Waals surface area contributed by atoms with Crippen molar-refractivity contribution in [2.24, 2.45) is 0 Å². The van der Waals surface area contributed by atoms with Crippen molar-refractivity contribution < 1.29 is 46.9 Å². The Morgan fingerprint density at radius 2 is 1.19 bits per heavy atom. The fourth-order valence-electron chi connectivity index (χ4n) is 9.23. The van der Waals surface area contributed by atoms with Crippen LogP contribution >= 0.6 is 0 Å². The van der Waals surface area contributed by atoms with Crippen LogP contribution in [-0.2, 0) is 67.8 Å². The molecule has 4 saturated heterocycles. The number of cyclic esters (lactones) is 2. The van der Waals surface area contributed by atoms with E-state index in [1.807, 2.05) is 25.4 Å². The first-order valence-corrected chi connectivity index (χ1v) is 23.2. The number of benzene rings is 2. The van der Waals surface area contributed by atoms with Gasteiger partial charge in [-0.25, -0.2) is 18.4 Å². The number of anilines is 4. The normalized spacial score (nSPS) is 20.5. The molecular weight excluding hydrogens is 887 g/mol. The summed E-state index contributed by atoms with van der Waals surface area (Å²) in [5.74, 6) is -1.18. The summed E-state index contributed by atoms with van der Waals surface area (Å²) in [5, 5.41) is 14.5. The van der Waals surface area contributed by atoms with Crippen molar-refractivity contribution >= 4 is 46.8 Å². The first-order valence-electron chi connectivity index (χ1n) is 23.2. The largest absolute Gasteiger partial charge is 0.442 e. The number of aromatic nitrogens is 4. The molecule has 6 aliphatic rings. The van der Waals surface area contributed by atoms with E-state index in [0.29, 0.717) is 48.9 Å². The van der Waals surface area contributed by atoms with Crippen LogP contribution in [0.25, 0.3) is 0 Å². The van der Waals surface area contributed by atoms with Gasteiger partial charge in [-0.15, -0.1) is 0 Å². The van der Waals surface area contributed by atoms with Gasteiger partial charge in [-0.3, -0.25) is 38.6 Å². The number of rotatable bonds is 14. The molecule has 4 fully saturated rings. The van der Waals surface area contributed by atoms with Crippen LogP contribution in [0.2, 0.25) is 0 Å². The summed E-state index contributed by atoms with van der Waals surface area (Å²) in [5.41, 5.74) is 6.12. The number of carbonyl (C=O) groups is 4. The highest BCUT2D eigenvalue weighted by molar-refractivity contribution is 5.91. The first kappa shape index (κ1) is 46.7. The van der Waals surface area contributed by atoms with Gasteiger partial charge in [-0.05, 0) is 36.4 Å². The average molecular weight is 945 g/mol. The molecule has 0 spiro atoms. The van der Waals surface area contributed by atoms with Gasteiger partial charge in [0.25, 0.3) is 0 Å². The molecule has 2 aromatic heterocycles. The maximum absolute atomic E-state index is 15.1.